The molecular weight excluding hydrogens is 343 g/mol. The SMILES string of the molecule is COc1cc(F)ccc1NC(=O)N1CCN(Cc2csc(C)n2)CC1. The van der Waals surface area contributed by atoms with Crippen molar-refractivity contribution in [2.24, 2.45) is 0 Å². The van der Waals surface area contributed by atoms with Crippen molar-refractivity contribution in [3.05, 3.63) is 40.1 Å². The smallest absolute Gasteiger partial charge is 0.322 e. The summed E-state index contributed by atoms with van der Waals surface area (Å²) in [5, 5.41) is 5.94. The third kappa shape index (κ3) is 4.46. The van der Waals surface area contributed by atoms with Crippen molar-refractivity contribution in [3.63, 3.8) is 0 Å². The molecule has 0 unspecified atom stereocenters. The molecule has 134 valence electrons. The Morgan fingerprint density at radius 2 is 2.12 bits per heavy atom. The van der Waals surface area contributed by atoms with Crippen LogP contribution in [-0.4, -0.2) is 54.1 Å². The number of carbonyl (C=O) groups excluding carboxylic acids is 1. The van der Waals surface area contributed by atoms with Crippen LogP contribution in [0.1, 0.15) is 10.7 Å². The van der Waals surface area contributed by atoms with E-state index in [-0.39, 0.29) is 6.03 Å². The van der Waals surface area contributed by atoms with E-state index in [4.69, 9.17) is 4.74 Å². The first-order chi connectivity index (χ1) is 12.0. The molecule has 6 nitrogen and oxygen atoms in total. The molecule has 2 amide bonds. The Balaban J connectivity index is 1.53. The number of aromatic nitrogens is 1. The fourth-order valence-corrected chi connectivity index (χ4v) is 3.39. The Morgan fingerprint density at radius 1 is 1.36 bits per heavy atom. The lowest BCUT2D eigenvalue weighted by Gasteiger charge is -2.34. The van der Waals surface area contributed by atoms with E-state index < -0.39 is 5.82 Å². The molecular formula is C17H21FN4O2S. The molecule has 25 heavy (non-hydrogen) atoms. The molecule has 1 N–H and O–H groups in total. The van der Waals surface area contributed by atoms with Crippen molar-refractivity contribution in [3.8, 4) is 5.75 Å². The van der Waals surface area contributed by atoms with Crippen molar-refractivity contribution in [1.29, 1.82) is 0 Å². The minimum atomic E-state index is -0.402. The minimum Gasteiger partial charge on any atom is -0.494 e. The van der Waals surface area contributed by atoms with Gasteiger partial charge in [-0.05, 0) is 19.1 Å². The van der Waals surface area contributed by atoms with E-state index in [1.807, 2.05) is 6.92 Å². The van der Waals surface area contributed by atoms with Gasteiger partial charge >= 0.3 is 6.03 Å². The zero-order valence-electron chi connectivity index (χ0n) is 14.3. The molecule has 8 heteroatoms. The molecule has 0 bridgehead atoms. The van der Waals surface area contributed by atoms with Gasteiger partial charge in [0, 0.05) is 44.2 Å². The van der Waals surface area contributed by atoms with Crippen molar-refractivity contribution in [2.75, 3.05) is 38.6 Å². The number of aryl methyl sites for hydroxylation is 1. The summed E-state index contributed by atoms with van der Waals surface area (Å²) < 4.78 is 18.3. The molecule has 1 aliphatic heterocycles. The maximum absolute atomic E-state index is 13.2. The summed E-state index contributed by atoms with van der Waals surface area (Å²) in [6.07, 6.45) is 0. The summed E-state index contributed by atoms with van der Waals surface area (Å²) in [7, 11) is 1.45. The van der Waals surface area contributed by atoms with Gasteiger partial charge in [-0.2, -0.15) is 0 Å². The van der Waals surface area contributed by atoms with Gasteiger partial charge in [0.05, 0.1) is 23.5 Å². The highest BCUT2D eigenvalue weighted by molar-refractivity contribution is 7.09. The molecule has 0 aliphatic carbocycles. The summed E-state index contributed by atoms with van der Waals surface area (Å²) in [5.74, 6) is -0.0911. The lowest BCUT2D eigenvalue weighted by atomic mass is 10.2. The number of anilines is 1. The summed E-state index contributed by atoms with van der Waals surface area (Å²) in [6.45, 7) is 5.68. The number of halogens is 1. The molecule has 1 aromatic carbocycles. The van der Waals surface area contributed by atoms with Gasteiger partial charge in [-0.25, -0.2) is 14.2 Å². The van der Waals surface area contributed by atoms with E-state index in [1.165, 1.54) is 25.3 Å². The van der Waals surface area contributed by atoms with Crippen molar-refractivity contribution < 1.29 is 13.9 Å². The summed E-state index contributed by atoms with van der Waals surface area (Å²) >= 11 is 1.65. The number of amides is 2. The summed E-state index contributed by atoms with van der Waals surface area (Å²) in [4.78, 5) is 20.9. The van der Waals surface area contributed by atoms with Crippen LogP contribution in [0.4, 0.5) is 14.9 Å². The van der Waals surface area contributed by atoms with Gasteiger partial charge < -0.3 is 15.0 Å². The number of thiazole rings is 1. The van der Waals surface area contributed by atoms with Crippen LogP contribution in [0.25, 0.3) is 0 Å². The van der Waals surface area contributed by atoms with E-state index in [2.05, 4.69) is 20.6 Å². The second-order valence-corrected chi connectivity index (χ2v) is 6.96. The number of methoxy groups -OCH3 is 1. The number of piperazine rings is 1. The predicted octanol–water partition coefficient (Wildman–Crippen LogP) is 2.95. The van der Waals surface area contributed by atoms with E-state index >= 15 is 0 Å². The number of rotatable bonds is 4. The maximum atomic E-state index is 13.2. The van der Waals surface area contributed by atoms with E-state index in [9.17, 15) is 9.18 Å². The molecule has 0 saturated carbocycles. The number of nitrogens with zero attached hydrogens (tertiary/aromatic N) is 3. The highest BCUT2D eigenvalue weighted by Gasteiger charge is 2.22. The van der Waals surface area contributed by atoms with Crippen molar-refractivity contribution in [2.45, 2.75) is 13.5 Å². The number of hydrogen-bond acceptors (Lipinski definition) is 5. The Hall–Kier alpha value is -2.19. The van der Waals surface area contributed by atoms with Gasteiger partial charge in [0.15, 0.2) is 0 Å². The predicted molar refractivity (Wildman–Crippen MR) is 95.7 cm³/mol. The van der Waals surface area contributed by atoms with Crippen molar-refractivity contribution in [1.82, 2.24) is 14.8 Å². The molecule has 2 aromatic rings. The standard InChI is InChI=1S/C17H21FN4O2S/c1-12-19-14(11-25-12)10-21-5-7-22(8-6-21)17(23)20-15-4-3-13(18)9-16(15)24-2/h3-4,9,11H,5-8,10H2,1-2H3,(H,20,23). The van der Waals surface area contributed by atoms with Gasteiger partial charge in [-0.1, -0.05) is 0 Å². The molecule has 0 atom stereocenters. The van der Waals surface area contributed by atoms with Crippen LogP contribution in [0.2, 0.25) is 0 Å². The molecule has 3 rings (SSSR count). The Kier molecular flexibility index (Phi) is 5.50. The average molecular weight is 364 g/mol. The van der Waals surface area contributed by atoms with Gasteiger partial charge in [0.25, 0.3) is 0 Å². The largest absolute Gasteiger partial charge is 0.494 e. The fourth-order valence-electron chi connectivity index (χ4n) is 2.78. The number of ether oxygens (including phenoxy) is 1. The van der Waals surface area contributed by atoms with E-state index in [0.29, 0.717) is 24.5 Å². The first kappa shape index (κ1) is 17.6. The van der Waals surface area contributed by atoms with Crippen LogP contribution in [0, 0.1) is 12.7 Å². The molecule has 1 saturated heterocycles. The van der Waals surface area contributed by atoms with E-state index in [1.54, 1.807) is 16.2 Å². The Bertz CT molecular complexity index is 744. The Morgan fingerprint density at radius 3 is 2.76 bits per heavy atom. The van der Waals surface area contributed by atoms with Crippen LogP contribution in [0.3, 0.4) is 0 Å². The first-order valence-electron chi connectivity index (χ1n) is 8.08. The number of carbonyl (C=O) groups is 1. The summed E-state index contributed by atoms with van der Waals surface area (Å²) in [6, 6.07) is 3.86. The van der Waals surface area contributed by atoms with Crippen LogP contribution in [-0.2, 0) is 6.54 Å². The normalized spacial score (nSPS) is 15.2. The fraction of sp³-hybridized carbons (Fsp3) is 0.412. The topological polar surface area (TPSA) is 57.7 Å². The van der Waals surface area contributed by atoms with Gasteiger partial charge in [0.1, 0.15) is 11.6 Å². The van der Waals surface area contributed by atoms with Gasteiger partial charge in [0.2, 0.25) is 0 Å². The summed E-state index contributed by atoms with van der Waals surface area (Å²) in [5.41, 5.74) is 1.55. The number of hydrogen-bond donors (Lipinski definition) is 1. The zero-order valence-corrected chi connectivity index (χ0v) is 15.1. The lowest BCUT2D eigenvalue weighted by molar-refractivity contribution is 0.142. The third-order valence-corrected chi connectivity index (χ3v) is 4.94. The molecule has 1 aliphatic rings. The molecule has 0 spiro atoms. The highest BCUT2D eigenvalue weighted by Crippen LogP contribution is 2.25. The third-order valence-electron chi connectivity index (χ3n) is 4.12. The van der Waals surface area contributed by atoms with Gasteiger partial charge in [-0.15, -0.1) is 11.3 Å². The van der Waals surface area contributed by atoms with Crippen molar-refractivity contribution >= 4 is 23.1 Å². The number of benzene rings is 1. The van der Waals surface area contributed by atoms with Crippen LogP contribution < -0.4 is 10.1 Å². The van der Waals surface area contributed by atoms with Gasteiger partial charge in [-0.3, -0.25) is 4.90 Å². The first-order valence-corrected chi connectivity index (χ1v) is 8.96. The monoisotopic (exact) mass is 364 g/mol. The van der Waals surface area contributed by atoms with Crippen LogP contribution in [0.15, 0.2) is 23.6 Å². The second kappa shape index (κ2) is 7.79. The average Bonchev–Trinajstić information content (AvgIpc) is 3.02. The molecule has 1 fully saturated rings. The maximum Gasteiger partial charge on any atom is 0.322 e. The highest BCUT2D eigenvalue weighted by atomic mass is 32.1. The quantitative estimate of drug-likeness (QED) is 0.906. The van der Waals surface area contributed by atoms with Crippen LogP contribution >= 0.6 is 11.3 Å². The Labute approximate surface area is 150 Å². The zero-order chi connectivity index (χ0) is 17.8. The lowest BCUT2D eigenvalue weighted by Crippen LogP contribution is -2.49. The molecule has 0 radical (unpaired) electrons. The molecule has 2 heterocycles. The second-order valence-electron chi connectivity index (χ2n) is 5.90. The minimum absolute atomic E-state index is 0.200. The van der Waals surface area contributed by atoms with E-state index in [0.717, 1.165) is 30.3 Å². The molecule has 1 aromatic heterocycles. The van der Waals surface area contributed by atoms with Crippen LogP contribution in [0.5, 0.6) is 5.75 Å². The number of nitrogens with one attached hydrogen (secondary N) is 1. The number of urea groups is 1.